The molecule has 0 bridgehead atoms. The average Bonchev–Trinajstić information content (AvgIpc) is 2.53. The molecule has 0 fully saturated rings. The number of rotatable bonds is 5. The van der Waals surface area contributed by atoms with Crippen molar-refractivity contribution in [1.29, 1.82) is 0 Å². The van der Waals surface area contributed by atoms with Crippen LogP contribution in [0.15, 0.2) is 12.2 Å². The highest BCUT2D eigenvalue weighted by Gasteiger charge is 2.09. The Morgan fingerprint density at radius 2 is 2.17 bits per heavy atom. The molecule has 1 atom stereocenters. The van der Waals surface area contributed by atoms with E-state index >= 15 is 0 Å². The zero-order valence-electron chi connectivity index (χ0n) is 7.57. The SMILES string of the molecule is COCC(O)CCN1CC=CC1. The standard InChI is InChI=1S/C9H17NO2/c1-12-8-9(11)4-7-10-5-2-3-6-10/h2-3,9,11H,4-8H2,1H3. The van der Waals surface area contributed by atoms with Crippen molar-refractivity contribution in [3.63, 3.8) is 0 Å². The second-order valence-corrected chi connectivity index (χ2v) is 3.13. The normalized spacial score (nSPS) is 20.2. The Kier molecular flexibility index (Phi) is 4.29. The van der Waals surface area contributed by atoms with E-state index in [0.717, 1.165) is 26.1 Å². The first-order valence-electron chi connectivity index (χ1n) is 4.37. The molecule has 0 aromatic carbocycles. The zero-order chi connectivity index (χ0) is 8.81. The van der Waals surface area contributed by atoms with Gasteiger partial charge >= 0.3 is 0 Å². The molecule has 1 aliphatic heterocycles. The third-order valence-corrected chi connectivity index (χ3v) is 2.03. The minimum atomic E-state index is -0.310. The summed E-state index contributed by atoms with van der Waals surface area (Å²) in [6.07, 6.45) is 4.80. The van der Waals surface area contributed by atoms with Crippen molar-refractivity contribution in [3.05, 3.63) is 12.2 Å². The van der Waals surface area contributed by atoms with Crippen LogP contribution in [0.4, 0.5) is 0 Å². The first kappa shape index (κ1) is 9.71. The monoisotopic (exact) mass is 171 g/mol. The smallest absolute Gasteiger partial charge is 0.0785 e. The lowest BCUT2D eigenvalue weighted by Gasteiger charge is -2.16. The summed E-state index contributed by atoms with van der Waals surface area (Å²) in [5.74, 6) is 0. The van der Waals surface area contributed by atoms with Gasteiger partial charge in [-0.15, -0.1) is 0 Å². The molecule has 0 radical (unpaired) electrons. The van der Waals surface area contributed by atoms with Gasteiger partial charge in [-0.1, -0.05) is 12.2 Å². The van der Waals surface area contributed by atoms with Crippen molar-refractivity contribution >= 4 is 0 Å². The summed E-state index contributed by atoms with van der Waals surface area (Å²) >= 11 is 0. The summed E-state index contributed by atoms with van der Waals surface area (Å²) in [7, 11) is 1.61. The Balaban J connectivity index is 2.00. The minimum Gasteiger partial charge on any atom is -0.391 e. The molecule has 3 nitrogen and oxygen atoms in total. The molecule has 1 unspecified atom stereocenters. The quantitative estimate of drug-likeness (QED) is 0.602. The van der Waals surface area contributed by atoms with Gasteiger partial charge in [0.15, 0.2) is 0 Å². The van der Waals surface area contributed by atoms with Crippen molar-refractivity contribution in [1.82, 2.24) is 4.90 Å². The van der Waals surface area contributed by atoms with E-state index in [2.05, 4.69) is 17.1 Å². The first-order valence-corrected chi connectivity index (χ1v) is 4.37. The number of ether oxygens (including phenoxy) is 1. The molecule has 1 aliphatic rings. The van der Waals surface area contributed by atoms with Crippen LogP contribution in [0.1, 0.15) is 6.42 Å². The lowest BCUT2D eigenvalue weighted by atomic mass is 10.2. The number of methoxy groups -OCH3 is 1. The fraction of sp³-hybridized carbons (Fsp3) is 0.778. The number of hydrogen-bond donors (Lipinski definition) is 1. The molecule has 1 heterocycles. The van der Waals surface area contributed by atoms with Gasteiger partial charge in [0.05, 0.1) is 12.7 Å². The van der Waals surface area contributed by atoms with E-state index in [1.807, 2.05) is 0 Å². The van der Waals surface area contributed by atoms with E-state index in [-0.39, 0.29) is 6.10 Å². The molecule has 0 aromatic heterocycles. The van der Waals surface area contributed by atoms with Crippen LogP contribution < -0.4 is 0 Å². The third kappa shape index (κ3) is 3.34. The van der Waals surface area contributed by atoms with E-state index in [9.17, 15) is 5.11 Å². The lowest BCUT2D eigenvalue weighted by molar-refractivity contribution is 0.0536. The Labute approximate surface area is 73.6 Å². The topological polar surface area (TPSA) is 32.7 Å². The number of aliphatic hydroxyl groups excluding tert-OH is 1. The highest BCUT2D eigenvalue weighted by molar-refractivity contribution is 4.95. The van der Waals surface area contributed by atoms with Crippen molar-refractivity contribution < 1.29 is 9.84 Å². The highest BCUT2D eigenvalue weighted by Crippen LogP contribution is 2.01. The number of aliphatic hydroxyl groups is 1. The summed E-state index contributed by atoms with van der Waals surface area (Å²) in [6, 6.07) is 0. The fourth-order valence-electron chi connectivity index (χ4n) is 1.31. The predicted octanol–water partition coefficient (Wildman–Crippen LogP) is 0.256. The van der Waals surface area contributed by atoms with Gasteiger partial charge in [-0.2, -0.15) is 0 Å². The highest BCUT2D eigenvalue weighted by atomic mass is 16.5. The molecule has 3 heteroatoms. The van der Waals surface area contributed by atoms with Crippen LogP contribution in [0, 0.1) is 0 Å². The fourth-order valence-corrected chi connectivity index (χ4v) is 1.31. The van der Waals surface area contributed by atoms with Gasteiger partial charge in [0.2, 0.25) is 0 Å². The van der Waals surface area contributed by atoms with Crippen molar-refractivity contribution in [2.24, 2.45) is 0 Å². The second kappa shape index (κ2) is 5.30. The summed E-state index contributed by atoms with van der Waals surface area (Å²) in [6.45, 7) is 3.46. The van der Waals surface area contributed by atoms with Gasteiger partial charge in [0, 0.05) is 26.7 Å². The summed E-state index contributed by atoms with van der Waals surface area (Å²) in [5.41, 5.74) is 0. The average molecular weight is 171 g/mol. The first-order chi connectivity index (χ1) is 5.83. The van der Waals surface area contributed by atoms with Gasteiger partial charge < -0.3 is 9.84 Å². The molecular weight excluding hydrogens is 154 g/mol. The summed E-state index contributed by atoms with van der Waals surface area (Å²) < 4.78 is 4.83. The molecule has 0 aliphatic carbocycles. The van der Waals surface area contributed by atoms with Crippen LogP contribution in [0.25, 0.3) is 0 Å². The molecule has 0 amide bonds. The predicted molar refractivity (Wildman–Crippen MR) is 48.1 cm³/mol. The van der Waals surface area contributed by atoms with Gasteiger partial charge in [-0.25, -0.2) is 0 Å². The molecule has 0 aromatic rings. The van der Waals surface area contributed by atoms with Crippen LogP contribution in [0.2, 0.25) is 0 Å². The van der Waals surface area contributed by atoms with Gasteiger partial charge in [0.25, 0.3) is 0 Å². The van der Waals surface area contributed by atoms with Crippen LogP contribution in [0.5, 0.6) is 0 Å². The Morgan fingerprint density at radius 3 is 2.75 bits per heavy atom. The van der Waals surface area contributed by atoms with E-state index < -0.39 is 0 Å². The Hall–Kier alpha value is -0.380. The van der Waals surface area contributed by atoms with Crippen LogP contribution >= 0.6 is 0 Å². The largest absolute Gasteiger partial charge is 0.391 e. The van der Waals surface area contributed by atoms with Crippen LogP contribution in [-0.4, -0.2) is 49.5 Å². The molecule has 0 saturated heterocycles. The lowest BCUT2D eigenvalue weighted by Crippen LogP contribution is -2.26. The zero-order valence-corrected chi connectivity index (χ0v) is 7.57. The number of hydrogen-bond acceptors (Lipinski definition) is 3. The van der Waals surface area contributed by atoms with Crippen LogP contribution in [-0.2, 0) is 4.74 Å². The van der Waals surface area contributed by atoms with E-state index in [1.54, 1.807) is 7.11 Å². The van der Waals surface area contributed by atoms with Crippen molar-refractivity contribution in [2.45, 2.75) is 12.5 Å². The molecule has 12 heavy (non-hydrogen) atoms. The van der Waals surface area contributed by atoms with E-state index in [1.165, 1.54) is 0 Å². The van der Waals surface area contributed by atoms with Gasteiger partial charge in [-0.05, 0) is 6.42 Å². The third-order valence-electron chi connectivity index (χ3n) is 2.03. The summed E-state index contributed by atoms with van der Waals surface area (Å²) in [5, 5.41) is 9.34. The summed E-state index contributed by atoms with van der Waals surface area (Å²) in [4.78, 5) is 2.29. The number of nitrogens with zero attached hydrogens (tertiary/aromatic N) is 1. The van der Waals surface area contributed by atoms with Crippen molar-refractivity contribution in [2.75, 3.05) is 33.4 Å². The van der Waals surface area contributed by atoms with E-state index in [4.69, 9.17) is 4.74 Å². The molecule has 1 rings (SSSR count). The molecule has 0 saturated carbocycles. The van der Waals surface area contributed by atoms with E-state index in [0.29, 0.717) is 6.61 Å². The Bertz CT molecular complexity index is 139. The Morgan fingerprint density at radius 1 is 1.50 bits per heavy atom. The van der Waals surface area contributed by atoms with Crippen molar-refractivity contribution in [3.8, 4) is 0 Å². The van der Waals surface area contributed by atoms with Gasteiger partial charge in [0.1, 0.15) is 0 Å². The minimum absolute atomic E-state index is 0.310. The maximum atomic E-state index is 9.34. The maximum absolute atomic E-state index is 9.34. The molecule has 0 spiro atoms. The van der Waals surface area contributed by atoms with Crippen LogP contribution in [0.3, 0.4) is 0 Å². The maximum Gasteiger partial charge on any atom is 0.0785 e. The second-order valence-electron chi connectivity index (χ2n) is 3.13. The molecular formula is C9H17NO2. The van der Waals surface area contributed by atoms with Gasteiger partial charge in [-0.3, -0.25) is 4.90 Å². The molecule has 70 valence electrons. The molecule has 1 N–H and O–H groups in total.